The molecule has 0 unspecified atom stereocenters. The van der Waals surface area contributed by atoms with Crippen molar-refractivity contribution in [1.82, 2.24) is 10.1 Å². The van der Waals surface area contributed by atoms with Gasteiger partial charge in [-0.15, -0.1) is 0 Å². The van der Waals surface area contributed by atoms with Crippen molar-refractivity contribution >= 4 is 40.5 Å². The maximum absolute atomic E-state index is 11.0. The lowest BCUT2D eigenvalue weighted by Crippen LogP contribution is -1.98. The molecule has 0 spiro atoms. The molecule has 16 heavy (non-hydrogen) atoms. The molecule has 5 nitrogen and oxygen atoms in total. The van der Waals surface area contributed by atoms with Crippen molar-refractivity contribution in [3.05, 3.63) is 20.9 Å². The summed E-state index contributed by atoms with van der Waals surface area (Å²) in [5.74, 6) is -0.919. The third-order valence-corrected chi connectivity index (χ3v) is 3.40. The Morgan fingerprint density at radius 2 is 2.19 bits per heavy atom. The quantitative estimate of drug-likeness (QED) is 0.913. The molecule has 2 aromatic rings. The molecule has 0 radical (unpaired) electrons. The van der Waals surface area contributed by atoms with Crippen LogP contribution in [0.25, 0.3) is 10.6 Å². The standard InChI is InChI=1S/C8H4Cl2N2O3S/c1-2-3(7(13)14)4(12-15-2)5-6(9)11-8(10)16-5/h1H3,(H,13,14). The maximum atomic E-state index is 11.0. The SMILES string of the molecule is Cc1onc(-c2sc(Cl)nc2Cl)c1C(=O)O. The van der Waals surface area contributed by atoms with Gasteiger partial charge in [-0.1, -0.05) is 39.7 Å². The largest absolute Gasteiger partial charge is 0.477 e. The number of carboxylic acid groups (broad SMARTS) is 1. The highest BCUT2D eigenvalue weighted by molar-refractivity contribution is 7.19. The second-order valence-electron chi connectivity index (χ2n) is 2.85. The van der Waals surface area contributed by atoms with E-state index in [1.54, 1.807) is 0 Å². The molecule has 0 amide bonds. The summed E-state index contributed by atoms with van der Waals surface area (Å²) in [5, 5.41) is 12.8. The minimum atomic E-state index is -1.13. The summed E-state index contributed by atoms with van der Waals surface area (Å²) in [6, 6.07) is 0. The zero-order chi connectivity index (χ0) is 11.9. The normalized spacial score (nSPS) is 10.7. The number of aromatic carboxylic acids is 1. The van der Waals surface area contributed by atoms with Gasteiger partial charge in [-0.2, -0.15) is 0 Å². The van der Waals surface area contributed by atoms with E-state index < -0.39 is 5.97 Å². The molecular formula is C8H4Cl2N2O3S. The second kappa shape index (κ2) is 4.04. The fourth-order valence-corrected chi connectivity index (χ4v) is 2.57. The Hall–Kier alpha value is -1.11. The van der Waals surface area contributed by atoms with Crippen LogP contribution in [0.4, 0.5) is 0 Å². The van der Waals surface area contributed by atoms with E-state index in [-0.39, 0.29) is 26.6 Å². The summed E-state index contributed by atoms with van der Waals surface area (Å²) in [4.78, 5) is 15.2. The van der Waals surface area contributed by atoms with E-state index in [1.165, 1.54) is 6.92 Å². The molecule has 0 aliphatic rings. The topological polar surface area (TPSA) is 76.2 Å². The van der Waals surface area contributed by atoms with E-state index in [0.29, 0.717) is 4.88 Å². The third kappa shape index (κ3) is 1.79. The van der Waals surface area contributed by atoms with Gasteiger partial charge in [-0.25, -0.2) is 9.78 Å². The minimum Gasteiger partial charge on any atom is -0.477 e. The first-order valence-electron chi connectivity index (χ1n) is 4.02. The van der Waals surface area contributed by atoms with Crippen molar-refractivity contribution < 1.29 is 14.4 Å². The molecule has 0 fully saturated rings. The highest BCUT2D eigenvalue weighted by Gasteiger charge is 2.24. The zero-order valence-corrected chi connectivity index (χ0v) is 10.2. The number of thiazole rings is 1. The van der Waals surface area contributed by atoms with Crippen LogP contribution in [0.2, 0.25) is 9.62 Å². The summed E-state index contributed by atoms with van der Waals surface area (Å²) >= 11 is 12.5. The van der Waals surface area contributed by atoms with Crippen molar-refractivity contribution in [2.75, 3.05) is 0 Å². The van der Waals surface area contributed by atoms with Crippen molar-refractivity contribution in [3.8, 4) is 10.6 Å². The van der Waals surface area contributed by atoms with E-state index in [0.717, 1.165) is 11.3 Å². The summed E-state index contributed by atoms with van der Waals surface area (Å²) in [7, 11) is 0. The Kier molecular flexibility index (Phi) is 2.88. The maximum Gasteiger partial charge on any atom is 0.341 e. The first kappa shape index (κ1) is 11.4. The lowest BCUT2D eigenvalue weighted by Gasteiger charge is -1.93. The van der Waals surface area contributed by atoms with Crippen LogP contribution in [-0.2, 0) is 0 Å². The van der Waals surface area contributed by atoms with Crippen LogP contribution in [-0.4, -0.2) is 21.2 Å². The van der Waals surface area contributed by atoms with Gasteiger partial charge in [0.1, 0.15) is 17.0 Å². The predicted molar refractivity (Wildman–Crippen MR) is 59.3 cm³/mol. The number of aromatic nitrogens is 2. The smallest absolute Gasteiger partial charge is 0.341 e. The molecule has 84 valence electrons. The molecule has 0 atom stereocenters. The molecular weight excluding hydrogens is 275 g/mol. The minimum absolute atomic E-state index is 0.0257. The van der Waals surface area contributed by atoms with E-state index in [2.05, 4.69) is 10.1 Å². The van der Waals surface area contributed by atoms with E-state index in [4.69, 9.17) is 32.8 Å². The number of rotatable bonds is 2. The van der Waals surface area contributed by atoms with Crippen molar-refractivity contribution in [1.29, 1.82) is 0 Å². The van der Waals surface area contributed by atoms with Gasteiger partial charge >= 0.3 is 5.97 Å². The van der Waals surface area contributed by atoms with Crippen LogP contribution in [0, 0.1) is 6.92 Å². The van der Waals surface area contributed by atoms with Crippen molar-refractivity contribution in [2.24, 2.45) is 0 Å². The molecule has 2 rings (SSSR count). The van der Waals surface area contributed by atoms with Crippen LogP contribution in [0.1, 0.15) is 16.1 Å². The molecule has 0 aliphatic heterocycles. The molecule has 0 bridgehead atoms. The van der Waals surface area contributed by atoms with Gasteiger partial charge in [0.15, 0.2) is 9.62 Å². The zero-order valence-electron chi connectivity index (χ0n) is 7.82. The first-order chi connectivity index (χ1) is 7.50. The van der Waals surface area contributed by atoms with Crippen LogP contribution in [0.15, 0.2) is 4.52 Å². The van der Waals surface area contributed by atoms with Gasteiger partial charge in [-0.05, 0) is 6.92 Å². The Morgan fingerprint density at radius 3 is 2.69 bits per heavy atom. The number of hydrogen-bond acceptors (Lipinski definition) is 5. The van der Waals surface area contributed by atoms with Crippen LogP contribution >= 0.6 is 34.5 Å². The van der Waals surface area contributed by atoms with Gasteiger partial charge in [0.05, 0.1) is 4.88 Å². The summed E-state index contributed by atoms with van der Waals surface area (Å²) < 4.78 is 5.04. The van der Waals surface area contributed by atoms with Gasteiger partial charge in [0, 0.05) is 0 Å². The third-order valence-electron chi connectivity index (χ3n) is 1.85. The Labute approximate surface area is 104 Å². The predicted octanol–water partition coefficient (Wildman–Crippen LogP) is 3.11. The Morgan fingerprint density at radius 1 is 1.50 bits per heavy atom. The lowest BCUT2D eigenvalue weighted by molar-refractivity contribution is 0.0696. The van der Waals surface area contributed by atoms with Crippen LogP contribution in [0.3, 0.4) is 0 Å². The summed E-state index contributed by atoms with van der Waals surface area (Å²) in [6.07, 6.45) is 0. The molecule has 0 aromatic carbocycles. The number of hydrogen-bond donors (Lipinski definition) is 1. The van der Waals surface area contributed by atoms with Gasteiger partial charge in [-0.3, -0.25) is 0 Å². The number of nitrogens with zero attached hydrogens (tertiary/aromatic N) is 2. The molecule has 2 aromatic heterocycles. The molecule has 0 saturated carbocycles. The number of halogens is 2. The first-order valence-corrected chi connectivity index (χ1v) is 5.59. The van der Waals surface area contributed by atoms with Crippen molar-refractivity contribution in [3.63, 3.8) is 0 Å². The van der Waals surface area contributed by atoms with Crippen molar-refractivity contribution in [2.45, 2.75) is 6.92 Å². The average Bonchev–Trinajstić information content (AvgIpc) is 2.69. The second-order valence-corrected chi connectivity index (χ2v) is 4.79. The fraction of sp³-hybridized carbons (Fsp3) is 0.125. The fourth-order valence-electron chi connectivity index (χ4n) is 1.20. The van der Waals surface area contributed by atoms with Gasteiger partial charge < -0.3 is 9.63 Å². The van der Waals surface area contributed by atoms with Gasteiger partial charge in [0.25, 0.3) is 0 Å². The number of aryl methyl sites for hydroxylation is 1. The molecule has 2 heterocycles. The van der Waals surface area contributed by atoms with Crippen LogP contribution in [0.5, 0.6) is 0 Å². The Bertz CT molecular complexity index is 564. The molecule has 0 aliphatic carbocycles. The highest BCUT2D eigenvalue weighted by Crippen LogP contribution is 2.37. The van der Waals surface area contributed by atoms with Crippen LogP contribution < -0.4 is 0 Å². The molecule has 8 heteroatoms. The lowest BCUT2D eigenvalue weighted by atomic mass is 10.2. The molecule has 1 N–H and O–H groups in total. The van der Waals surface area contributed by atoms with Gasteiger partial charge in [0.2, 0.25) is 0 Å². The van der Waals surface area contributed by atoms with E-state index in [1.807, 2.05) is 0 Å². The highest BCUT2D eigenvalue weighted by atomic mass is 35.5. The number of carbonyl (C=O) groups is 1. The summed E-state index contributed by atoms with van der Waals surface area (Å²) in [5.41, 5.74) is 0.126. The monoisotopic (exact) mass is 278 g/mol. The van der Waals surface area contributed by atoms with E-state index >= 15 is 0 Å². The summed E-state index contributed by atoms with van der Waals surface area (Å²) in [6.45, 7) is 1.51. The number of carboxylic acids is 1. The van der Waals surface area contributed by atoms with E-state index in [9.17, 15) is 4.79 Å². The average molecular weight is 279 g/mol. The Balaban J connectivity index is 2.65. The molecule has 0 saturated heterocycles.